The van der Waals surface area contributed by atoms with Crippen LogP contribution in [0.15, 0.2) is 0 Å². The number of nitrogens with one attached hydrogen (secondary N) is 1. The van der Waals surface area contributed by atoms with Gasteiger partial charge in [-0.1, -0.05) is 0 Å². The van der Waals surface area contributed by atoms with Gasteiger partial charge in [0.25, 0.3) is 0 Å². The highest BCUT2D eigenvalue weighted by Gasteiger charge is 1.88. The third-order valence-electron chi connectivity index (χ3n) is 1.25. The van der Waals surface area contributed by atoms with E-state index in [0.29, 0.717) is 6.54 Å². The molecular weight excluding hydrogens is 128 g/mol. The van der Waals surface area contributed by atoms with E-state index in [1.54, 1.807) is 0 Å². The van der Waals surface area contributed by atoms with Gasteiger partial charge in [0.15, 0.2) is 0 Å². The van der Waals surface area contributed by atoms with Gasteiger partial charge in [-0.15, -0.1) is 0 Å². The molecule has 62 valence electrons. The van der Waals surface area contributed by atoms with Crippen molar-refractivity contribution in [2.24, 2.45) is 0 Å². The second-order valence-corrected chi connectivity index (χ2v) is 2.63. The van der Waals surface area contributed by atoms with Gasteiger partial charge in [0.1, 0.15) is 0 Å². The number of aliphatic hydroxyl groups excluding tert-OH is 1. The molecule has 0 amide bonds. The van der Waals surface area contributed by atoms with Gasteiger partial charge in [-0.3, -0.25) is 0 Å². The molecule has 0 aromatic carbocycles. The van der Waals surface area contributed by atoms with Gasteiger partial charge in [-0.05, 0) is 33.6 Å². The minimum absolute atomic E-state index is 0.238. The average Bonchev–Trinajstić information content (AvgIpc) is 1.87. The molecule has 0 spiro atoms. The van der Waals surface area contributed by atoms with E-state index in [1.165, 1.54) is 0 Å². The second-order valence-electron chi connectivity index (χ2n) is 2.63. The van der Waals surface area contributed by atoms with E-state index >= 15 is 0 Å². The van der Waals surface area contributed by atoms with E-state index in [2.05, 4.69) is 24.3 Å². The van der Waals surface area contributed by atoms with Crippen molar-refractivity contribution in [1.29, 1.82) is 0 Å². The SMILES string of the molecule is CN(C)CCCNCCO. The van der Waals surface area contributed by atoms with E-state index in [9.17, 15) is 0 Å². The molecule has 0 aliphatic rings. The Balaban J connectivity index is 2.77. The number of hydrogen-bond acceptors (Lipinski definition) is 3. The molecular formula is C7H18N2O. The summed E-state index contributed by atoms with van der Waals surface area (Å²) in [6.45, 7) is 3.06. The third-order valence-corrected chi connectivity index (χ3v) is 1.25. The summed E-state index contributed by atoms with van der Waals surface area (Å²) in [5, 5.41) is 11.5. The molecule has 0 rings (SSSR count). The van der Waals surface area contributed by atoms with Crippen LogP contribution in [-0.2, 0) is 0 Å². The lowest BCUT2D eigenvalue weighted by Crippen LogP contribution is -2.23. The van der Waals surface area contributed by atoms with Crippen molar-refractivity contribution in [3.63, 3.8) is 0 Å². The smallest absolute Gasteiger partial charge is 0.0555 e. The Morgan fingerprint density at radius 3 is 2.50 bits per heavy atom. The molecule has 0 aromatic rings. The zero-order valence-corrected chi connectivity index (χ0v) is 6.93. The Labute approximate surface area is 63.0 Å². The summed E-state index contributed by atoms with van der Waals surface area (Å²) in [5.74, 6) is 0. The lowest BCUT2D eigenvalue weighted by atomic mass is 10.4. The summed E-state index contributed by atoms with van der Waals surface area (Å²) in [4.78, 5) is 2.15. The summed E-state index contributed by atoms with van der Waals surface area (Å²) < 4.78 is 0. The van der Waals surface area contributed by atoms with Gasteiger partial charge in [0.2, 0.25) is 0 Å². The van der Waals surface area contributed by atoms with Crippen LogP contribution in [0.1, 0.15) is 6.42 Å². The maximum absolute atomic E-state index is 8.40. The zero-order valence-electron chi connectivity index (χ0n) is 6.93. The summed E-state index contributed by atoms with van der Waals surface area (Å²) in [5.41, 5.74) is 0. The largest absolute Gasteiger partial charge is 0.395 e. The van der Waals surface area contributed by atoms with E-state index < -0.39 is 0 Å². The number of aliphatic hydroxyl groups is 1. The first-order chi connectivity index (χ1) is 4.77. The summed E-state index contributed by atoms with van der Waals surface area (Å²) in [6.07, 6.45) is 1.15. The standard InChI is InChI=1S/C7H18N2O/c1-9(2)6-3-4-8-5-7-10/h8,10H,3-7H2,1-2H3. The average molecular weight is 146 g/mol. The lowest BCUT2D eigenvalue weighted by molar-refractivity contribution is 0.290. The molecule has 0 unspecified atom stereocenters. The predicted octanol–water partition coefficient (Wildman–Crippen LogP) is -0.480. The van der Waals surface area contributed by atoms with Gasteiger partial charge < -0.3 is 15.3 Å². The minimum Gasteiger partial charge on any atom is -0.395 e. The molecule has 0 fully saturated rings. The van der Waals surface area contributed by atoms with E-state index in [1.807, 2.05) is 0 Å². The first-order valence-electron chi connectivity index (χ1n) is 3.73. The van der Waals surface area contributed by atoms with Crippen LogP contribution < -0.4 is 5.32 Å². The minimum atomic E-state index is 0.238. The van der Waals surface area contributed by atoms with Crippen molar-refractivity contribution >= 4 is 0 Å². The number of rotatable bonds is 6. The van der Waals surface area contributed by atoms with Crippen LogP contribution in [0.25, 0.3) is 0 Å². The quantitative estimate of drug-likeness (QED) is 0.497. The first kappa shape index (κ1) is 9.88. The van der Waals surface area contributed by atoms with Gasteiger partial charge in [0, 0.05) is 6.54 Å². The van der Waals surface area contributed by atoms with Gasteiger partial charge in [-0.25, -0.2) is 0 Å². The molecule has 2 N–H and O–H groups in total. The Kier molecular flexibility index (Phi) is 6.91. The summed E-state index contributed by atoms with van der Waals surface area (Å²) in [6, 6.07) is 0. The summed E-state index contributed by atoms with van der Waals surface area (Å²) >= 11 is 0. The molecule has 0 bridgehead atoms. The van der Waals surface area contributed by atoms with E-state index in [0.717, 1.165) is 19.5 Å². The second kappa shape index (κ2) is 6.99. The van der Waals surface area contributed by atoms with Gasteiger partial charge in [0.05, 0.1) is 6.61 Å². The summed E-state index contributed by atoms with van der Waals surface area (Å²) in [7, 11) is 4.12. The number of nitrogens with zero attached hydrogens (tertiary/aromatic N) is 1. The van der Waals surface area contributed by atoms with Crippen LogP contribution in [0.2, 0.25) is 0 Å². The number of hydrogen-bond donors (Lipinski definition) is 2. The highest BCUT2D eigenvalue weighted by molar-refractivity contribution is 4.48. The molecule has 0 radical (unpaired) electrons. The Morgan fingerprint density at radius 2 is 2.00 bits per heavy atom. The third kappa shape index (κ3) is 7.88. The molecule has 0 aromatic heterocycles. The normalized spacial score (nSPS) is 10.8. The molecule has 0 aliphatic carbocycles. The molecule has 3 heteroatoms. The highest BCUT2D eigenvalue weighted by atomic mass is 16.3. The molecule has 0 aliphatic heterocycles. The maximum atomic E-state index is 8.40. The van der Waals surface area contributed by atoms with Crippen LogP contribution in [0.4, 0.5) is 0 Å². The van der Waals surface area contributed by atoms with Crippen molar-refractivity contribution in [2.75, 3.05) is 40.3 Å². The maximum Gasteiger partial charge on any atom is 0.0555 e. The van der Waals surface area contributed by atoms with Crippen molar-refractivity contribution in [3.05, 3.63) is 0 Å². The predicted molar refractivity (Wildman–Crippen MR) is 43.1 cm³/mol. The Morgan fingerprint density at radius 1 is 1.30 bits per heavy atom. The van der Waals surface area contributed by atoms with E-state index in [4.69, 9.17) is 5.11 Å². The molecule has 0 saturated heterocycles. The fourth-order valence-electron chi connectivity index (χ4n) is 0.724. The Bertz CT molecular complexity index is 66.6. The fourth-order valence-corrected chi connectivity index (χ4v) is 0.724. The van der Waals surface area contributed by atoms with Crippen molar-refractivity contribution in [3.8, 4) is 0 Å². The monoisotopic (exact) mass is 146 g/mol. The molecule has 0 atom stereocenters. The van der Waals surface area contributed by atoms with Crippen LogP contribution in [-0.4, -0.2) is 50.3 Å². The van der Waals surface area contributed by atoms with Crippen LogP contribution in [0, 0.1) is 0 Å². The highest BCUT2D eigenvalue weighted by Crippen LogP contribution is 1.79. The van der Waals surface area contributed by atoms with Crippen molar-refractivity contribution in [2.45, 2.75) is 6.42 Å². The Hall–Kier alpha value is -0.120. The van der Waals surface area contributed by atoms with Crippen molar-refractivity contribution in [1.82, 2.24) is 10.2 Å². The fraction of sp³-hybridized carbons (Fsp3) is 1.00. The van der Waals surface area contributed by atoms with Crippen LogP contribution in [0.3, 0.4) is 0 Å². The van der Waals surface area contributed by atoms with E-state index in [-0.39, 0.29) is 6.61 Å². The van der Waals surface area contributed by atoms with Crippen LogP contribution in [0.5, 0.6) is 0 Å². The van der Waals surface area contributed by atoms with Crippen molar-refractivity contribution < 1.29 is 5.11 Å². The molecule has 0 saturated carbocycles. The first-order valence-corrected chi connectivity index (χ1v) is 3.73. The molecule has 0 heterocycles. The topological polar surface area (TPSA) is 35.5 Å². The lowest BCUT2D eigenvalue weighted by Gasteiger charge is -2.08. The molecule has 3 nitrogen and oxygen atoms in total. The molecule has 10 heavy (non-hydrogen) atoms. The zero-order chi connectivity index (χ0) is 7.82. The van der Waals surface area contributed by atoms with Crippen LogP contribution >= 0.6 is 0 Å². The van der Waals surface area contributed by atoms with Gasteiger partial charge in [-0.2, -0.15) is 0 Å². The van der Waals surface area contributed by atoms with Gasteiger partial charge >= 0.3 is 0 Å².